The molecule has 10 heavy (non-hydrogen) atoms. The number of hydrogen-bond acceptors (Lipinski definition) is 2. The molecule has 1 heterocycles. The van der Waals surface area contributed by atoms with Gasteiger partial charge in [0, 0.05) is 6.54 Å². The standard InChI is InChI=1S/C6H12NO2P/c1-4-2-5(6(8)9)7(10)3-4/h4-5H,2-3,10H2,1H3,(H,8,9). The highest BCUT2D eigenvalue weighted by molar-refractivity contribution is 7.13. The van der Waals surface area contributed by atoms with Crippen molar-refractivity contribution in [1.29, 1.82) is 0 Å². The normalized spacial score (nSPS) is 34.6. The van der Waals surface area contributed by atoms with Crippen LogP contribution in [0.5, 0.6) is 0 Å². The van der Waals surface area contributed by atoms with E-state index in [-0.39, 0.29) is 6.04 Å². The molecule has 0 saturated carbocycles. The van der Waals surface area contributed by atoms with Crippen molar-refractivity contribution in [3.05, 3.63) is 0 Å². The second-order valence-corrected chi connectivity index (χ2v) is 3.55. The summed E-state index contributed by atoms with van der Waals surface area (Å²) in [6.07, 6.45) is 0.777. The van der Waals surface area contributed by atoms with Gasteiger partial charge in [0.25, 0.3) is 0 Å². The fourth-order valence-corrected chi connectivity index (χ4v) is 1.93. The Hall–Kier alpha value is -0.140. The van der Waals surface area contributed by atoms with Crippen molar-refractivity contribution in [1.82, 2.24) is 4.67 Å². The van der Waals surface area contributed by atoms with Gasteiger partial charge in [0.2, 0.25) is 0 Å². The van der Waals surface area contributed by atoms with Gasteiger partial charge in [-0.05, 0) is 12.3 Å². The fourth-order valence-electron chi connectivity index (χ4n) is 1.32. The van der Waals surface area contributed by atoms with Gasteiger partial charge in [-0.1, -0.05) is 16.3 Å². The quantitative estimate of drug-likeness (QED) is 0.571. The van der Waals surface area contributed by atoms with Gasteiger partial charge in [-0.2, -0.15) is 0 Å². The number of carbonyl (C=O) groups is 1. The maximum atomic E-state index is 10.5. The van der Waals surface area contributed by atoms with Crippen LogP contribution in [0.3, 0.4) is 0 Å². The van der Waals surface area contributed by atoms with Crippen LogP contribution in [0.15, 0.2) is 0 Å². The minimum absolute atomic E-state index is 0.278. The SMILES string of the molecule is CC1CC(C(=O)O)N(P)C1. The van der Waals surface area contributed by atoms with E-state index in [0.29, 0.717) is 5.92 Å². The lowest BCUT2D eigenvalue weighted by Gasteiger charge is -2.12. The van der Waals surface area contributed by atoms with Gasteiger partial charge in [-0.3, -0.25) is 9.46 Å². The fraction of sp³-hybridized carbons (Fsp3) is 0.833. The van der Waals surface area contributed by atoms with Gasteiger partial charge >= 0.3 is 5.97 Å². The molecular weight excluding hydrogens is 149 g/mol. The number of carboxylic acids is 1. The van der Waals surface area contributed by atoms with E-state index in [4.69, 9.17) is 5.11 Å². The minimum Gasteiger partial charge on any atom is -0.480 e. The lowest BCUT2D eigenvalue weighted by atomic mass is 10.1. The maximum Gasteiger partial charge on any atom is 0.321 e. The highest BCUT2D eigenvalue weighted by atomic mass is 31.0. The van der Waals surface area contributed by atoms with Gasteiger partial charge in [-0.25, -0.2) is 0 Å². The van der Waals surface area contributed by atoms with Crippen molar-refractivity contribution in [3.8, 4) is 0 Å². The largest absolute Gasteiger partial charge is 0.480 e. The van der Waals surface area contributed by atoms with Gasteiger partial charge in [0.15, 0.2) is 0 Å². The molecule has 0 bridgehead atoms. The van der Waals surface area contributed by atoms with Crippen LogP contribution in [0.1, 0.15) is 13.3 Å². The van der Waals surface area contributed by atoms with E-state index in [9.17, 15) is 4.79 Å². The molecule has 0 radical (unpaired) electrons. The lowest BCUT2D eigenvalue weighted by Crippen LogP contribution is -2.28. The van der Waals surface area contributed by atoms with Crippen LogP contribution < -0.4 is 0 Å². The molecule has 0 aromatic heterocycles. The van der Waals surface area contributed by atoms with Crippen molar-refractivity contribution in [2.24, 2.45) is 5.92 Å². The molecule has 1 rings (SSSR count). The van der Waals surface area contributed by atoms with Crippen molar-refractivity contribution in [2.45, 2.75) is 19.4 Å². The zero-order chi connectivity index (χ0) is 7.72. The summed E-state index contributed by atoms with van der Waals surface area (Å²) in [5, 5.41) is 8.65. The molecule has 58 valence electrons. The molecule has 3 unspecified atom stereocenters. The van der Waals surface area contributed by atoms with E-state index >= 15 is 0 Å². The summed E-state index contributed by atoms with van der Waals surface area (Å²) in [5.74, 6) is -0.196. The summed E-state index contributed by atoms with van der Waals surface area (Å²) in [6, 6.07) is -0.278. The van der Waals surface area contributed by atoms with Crippen LogP contribution in [0.25, 0.3) is 0 Å². The smallest absolute Gasteiger partial charge is 0.321 e. The third-order valence-corrected chi connectivity index (χ3v) is 2.40. The number of nitrogens with zero attached hydrogens (tertiary/aromatic N) is 1. The van der Waals surface area contributed by atoms with Gasteiger partial charge in [0.05, 0.1) is 0 Å². The van der Waals surface area contributed by atoms with Crippen LogP contribution in [0.4, 0.5) is 0 Å². The molecule has 1 fully saturated rings. The summed E-state index contributed by atoms with van der Waals surface area (Å²) in [5.41, 5.74) is 0. The van der Waals surface area contributed by atoms with Gasteiger partial charge < -0.3 is 5.11 Å². The molecule has 0 aromatic rings. The summed E-state index contributed by atoms with van der Waals surface area (Å²) in [7, 11) is 2.46. The van der Waals surface area contributed by atoms with Crippen molar-refractivity contribution in [3.63, 3.8) is 0 Å². The Kier molecular flexibility index (Phi) is 2.27. The topological polar surface area (TPSA) is 40.5 Å². The molecule has 1 saturated heterocycles. The molecule has 0 aliphatic carbocycles. The highest BCUT2D eigenvalue weighted by Gasteiger charge is 2.31. The second-order valence-electron chi connectivity index (χ2n) is 2.89. The summed E-state index contributed by atoms with van der Waals surface area (Å²) in [4.78, 5) is 10.5. The first kappa shape index (κ1) is 7.96. The second kappa shape index (κ2) is 2.85. The van der Waals surface area contributed by atoms with Crippen molar-refractivity contribution >= 4 is 15.4 Å². The predicted molar refractivity (Wildman–Crippen MR) is 41.6 cm³/mol. The highest BCUT2D eigenvalue weighted by Crippen LogP contribution is 2.25. The summed E-state index contributed by atoms with van der Waals surface area (Å²) in [6.45, 7) is 2.95. The zero-order valence-electron chi connectivity index (χ0n) is 5.95. The van der Waals surface area contributed by atoms with Crippen LogP contribution in [-0.4, -0.2) is 28.3 Å². The van der Waals surface area contributed by atoms with Gasteiger partial charge in [-0.15, -0.1) is 0 Å². The molecule has 0 spiro atoms. The van der Waals surface area contributed by atoms with E-state index in [0.717, 1.165) is 13.0 Å². The molecule has 4 heteroatoms. The molecule has 0 amide bonds. The van der Waals surface area contributed by atoms with Crippen molar-refractivity contribution < 1.29 is 9.90 Å². The molecule has 3 nitrogen and oxygen atoms in total. The first-order chi connectivity index (χ1) is 4.61. The monoisotopic (exact) mass is 161 g/mol. The molecule has 3 atom stereocenters. The number of hydrogen-bond donors (Lipinski definition) is 1. The van der Waals surface area contributed by atoms with E-state index in [1.807, 2.05) is 4.67 Å². The Bertz CT molecular complexity index is 151. The van der Waals surface area contributed by atoms with E-state index in [1.54, 1.807) is 0 Å². The van der Waals surface area contributed by atoms with Crippen LogP contribution in [0, 0.1) is 5.92 Å². The Balaban J connectivity index is 2.54. The van der Waals surface area contributed by atoms with Crippen LogP contribution in [-0.2, 0) is 4.79 Å². The molecular formula is C6H12NO2P. The van der Waals surface area contributed by atoms with Crippen LogP contribution >= 0.6 is 9.39 Å². The first-order valence-electron chi connectivity index (χ1n) is 3.35. The Morgan fingerprint density at radius 3 is 2.60 bits per heavy atom. The third-order valence-electron chi connectivity index (χ3n) is 1.83. The minimum atomic E-state index is -0.709. The van der Waals surface area contributed by atoms with E-state index in [1.165, 1.54) is 0 Å². The maximum absolute atomic E-state index is 10.5. The predicted octanol–water partition coefficient (Wildman–Crippen LogP) is 0.571. The molecule has 0 aromatic carbocycles. The zero-order valence-corrected chi connectivity index (χ0v) is 7.10. The number of aliphatic carboxylic acids is 1. The Labute approximate surface area is 62.7 Å². The summed E-state index contributed by atoms with van der Waals surface area (Å²) >= 11 is 0. The molecule has 1 N–H and O–H groups in total. The summed E-state index contributed by atoms with van der Waals surface area (Å²) < 4.78 is 1.81. The van der Waals surface area contributed by atoms with Crippen LogP contribution in [0.2, 0.25) is 0 Å². The Morgan fingerprint density at radius 2 is 2.40 bits per heavy atom. The number of rotatable bonds is 1. The lowest BCUT2D eigenvalue weighted by molar-refractivity contribution is -0.140. The number of carboxylic acid groups (broad SMARTS) is 1. The average Bonchev–Trinajstić information content (AvgIpc) is 2.10. The van der Waals surface area contributed by atoms with Crippen molar-refractivity contribution in [2.75, 3.05) is 6.54 Å². The van der Waals surface area contributed by atoms with Gasteiger partial charge in [0.1, 0.15) is 6.04 Å². The van der Waals surface area contributed by atoms with E-state index in [2.05, 4.69) is 16.3 Å². The average molecular weight is 161 g/mol. The Morgan fingerprint density at radius 1 is 1.80 bits per heavy atom. The third kappa shape index (κ3) is 1.47. The first-order valence-corrected chi connectivity index (χ1v) is 3.87. The molecule has 1 aliphatic heterocycles. The molecule has 1 aliphatic rings. The van der Waals surface area contributed by atoms with E-state index < -0.39 is 5.97 Å².